The monoisotopic (exact) mass is 637 g/mol. The molecule has 5 rings (SSSR count). The molecule has 1 aromatic heterocycles. The van der Waals surface area contributed by atoms with E-state index in [2.05, 4.69) is 32.4 Å². The van der Waals surface area contributed by atoms with Gasteiger partial charge < -0.3 is 29.5 Å². The highest BCUT2D eigenvalue weighted by Crippen LogP contribution is 2.32. The van der Waals surface area contributed by atoms with Gasteiger partial charge in [-0.3, -0.25) is 0 Å². The molecule has 1 saturated heterocycles. The first-order valence-corrected chi connectivity index (χ1v) is 14.7. The van der Waals surface area contributed by atoms with E-state index in [4.69, 9.17) is 14.2 Å². The number of aromatic nitrogens is 3. The van der Waals surface area contributed by atoms with Crippen LogP contribution in [0.4, 0.5) is 30.8 Å². The van der Waals surface area contributed by atoms with Crippen molar-refractivity contribution < 1.29 is 37.3 Å². The van der Waals surface area contributed by atoms with Crippen molar-refractivity contribution >= 4 is 23.6 Å². The van der Waals surface area contributed by atoms with Gasteiger partial charge in [0.15, 0.2) is 5.60 Å². The van der Waals surface area contributed by atoms with E-state index in [9.17, 15) is 23.1 Å². The number of benzene rings is 3. The first-order valence-electron chi connectivity index (χ1n) is 14.7. The molecule has 0 bridgehead atoms. The summed E-state index contributed by atoms with van der Waals surface area (Å²) < 4.78 is 56.2. The average molecular weight is 638 g/mol. The van der Waals surface area contributed by atoms with Gasteiger partial charge in [-0.05, 0) is 86.7 Å². The second kappa shape index (κ2) is 13.9. The number of anilines is 3. The Labute approximate surface area is 264 Å². The fraction of sp³-hybridized carbons (Fsp3) is 0.333. The number of carboxylic acids is 1. The molecule has 10 nitrogen and oxygen atoms in total. The van der Waals surface area contributed by atoms with Crippen LogP contribution in [0.3, 0.4) is 0 Å². The highest BCUT2D eigenvalue weighted by molar-refractivity contribution is 5.76. The van der Waals surface area contributed by atoms with Crippen LogP contribution in [0.1, 0.15) is 43.7 Å². The number of alkyl halides is 3. The topological polar surface area (TPSA) is 119 Å². The predicted octanol–water partition coefficient (Wildman–Crippen LogP) is 6.72. The molecular formula is C33H34F3N5O5. The minimum absolute atomic E-state index is 0.0350. The highest BCUT2D eigenvalue weighted by Gasteiger charge is 2.30. The lowest BCUT2D eigenvalue weighted by molar-refractivity contribution is -0.152. The smallest absolute Gasteiger partial charge is 0.416 e. The molecule has 0 atom stereocenters. The number of nitrogens with zero attached hydrogens (tertiary/aromatic N) is 4. The van der Waals surface area contributed by atoms with Gasteiger partial charge in [-0.15, -0.1) is 0 Å². The lowest BCUT2D eigenvalue weighted by atomic mass is 9.90. The number of carbonyl (C=O) groups is 1. The van der Waals surface area contributed by atoms with Crippen LogP contribution in [0.5, 0.6) is 17.5 Å². The number of piperidine rings is 1. The zero-order valence-corrected chi connectivity index (χ0v) is 25.3. The van der Waals surface area contributed by atoms with E-state index in [-0.39, 0.29) is 25.2 Å². The van der Waals surface area contributed by atoms with Crippen LogP contribution in [-0.2, 0) is 11.0 Å². The van der Waals surface area contributed by atoms with Gasteiger partial charge in [0, 0.05) is 18.8 Å². The maximum Gasteiger partial charge on any atom is 0.416 e. The van der Waals surface area contributed by atoms with Gasteiger partial charge >= 0.3 is 18.2 Å². The number of hydrogen-bond donors (Lipinski definition) is 2. The predicted molar refractivity (Wildman–Crippen MR) is 165 cm³/mol. The molecule has 4 aromatic rings. The third-order valence-corrected chi connectivity index (χ3v) is 7.42. The van der Waals surface area contributed by atoms with E-state index < -0.39 is 23.3 Å². The number of rotatable bonds is 12. The number of carboxylic acid groups (broad SMARTS) is 1. The van der Waals surface area contributed by atoms with Gasteiger partial charge in [0.2, 0.25) is 11.9 Å². The number of nitrogens with one attached hydrogen (secondary N) is 1. The van der Waals surface area contributed by atoms with Crippen molar-refractivity contribution in [3.63, 3.8) is 0 Å². The molecule has 0 amide bonds. The van der Waals surface area contributed by atoms with Crippen molar-refractivity contribution in [3.8, 4) is 17.5 Å². The molecule has 2 heterocycles. The Balaban J connectivity index is 1.24. The summed E-state index contributed by atoms with van der Waals surface area (Å²) >= 11 is 0. The SMILES string of the molecule is CC(C)(Oc1ccc(OCCOc2nc(Nc3ccc(C(F)(F)F)cc3)nc(N3CCC(c4ccccc4)CC3)n2)cc1)C(=O)O. The first kappa shape index (κ1) is 32.3. The van der Waals surface area contributed by atoms with Crippen LogP contribution in [0, 0.1) is 0 Å². The molecule has 0 saturated carbocycles. The summed E-state index contributed by atoms with van der Waals surface area (Å²) in [6.07, 6.45) is -2.64. The molecule has 46 heavy (non-hydrogen) atoms. The minimum Gasteiger partial charge on any atom is -0.490 e. The van der Waals surface area contributed by atoms with Gasteiger partial charge in [0.25, 0.3) is 0 Å². The molecule has 13 heteroatoms. The Kier molecular flexibility index (Phi) is 9.78. The van der Waals surface area contributed by atoms with Crippen LogP contribution in [-0.4, -0.2) is 57.9 Å². The third kappa shape index (κ3) is 8.55. The lowest BCUT2D eigenvalue weighted by Crippen LogP contribution is -2.37. The maximum absolute atomic E-state index is 13.0. The van der Waals surface area contributed by atoms with E-state index in [1.165, 1.54) is 31.5 Å². The van der Waals surface area contributed by atoms with Crippen molar-refractivity contribution in [1.82, 2.24) is 15.0 Å². The van der Waals surface area contributed by atoms with Crippen molar-refractivity contribution in [2.24, 2.45) is 0 Å². The number of halogens is 3. The van der Waals surface area contributed by atoms with E-state index in [1.54, 1.807) is 24.3 Å². The van der Waals surface area contributed by atoms with Crippen molar-refractivity contribution in [2.75, 3.05) is 36.5 Å². The molecule has 0 spiro atoms. The Morgan fingerprint density at radius 2 is 1.50 bits per heavy atom. The van der Waals surface area contributed by atoms with Crippen LogP contribution in [0.2, 0.25) is 0 Å². The number of hydrogen-bond acceptors (Lipinski definition) is 9. The van der Waals surface area contributed by atoms with E-state index >= 15 is 0 Å². The second-order valence-corrected chi connectivity index (χ2v) is 11.2. The summed E-state index contributed by atoms with van der Waals surface area (Å²) in [5.41, 5.74) is -0.470. The molecule has 242 valence electrons. The largest absolute Gasteiger partial charge is 0.490 e. The van der Waals surface area contributed by atoms with Crippen LogP contribution < -0.4 is 24.4 Å². The van der Waals surface area contributed by atoms with E-state index in [0.29, 0.717) is 42.1 Å². The standard InChI is InChI=1S/C33H34F3N5O5/c1-32(2,28(42)43)46-27-14-12-26(13-15-27)44-20-21-45-31-39-29(37-25-10-8-24(9-11-25)33(34,35)36)38-30(40-31)41-18-16-23(17-19-41)22-6-4-3-5-7-22/h3-15,23H,16-21H2,1-2H3,(H,42,43)(H,37,38,39,40). The summed E-state index contributed by atoms with van der Waals surface area (Å²) in [7, 11) is 0. The van der Waals surface area contributed by atoms with Crippen molar-refractivity contribution in [2.45, 2.75) is 44.4 Å². The second-order valence-electron chi connectivity index (χ2n) is 11.2. The molecule has 1 aliphatic rings. The summed E-state index contributed by atoms with van der Waals surface area (Å²) in [4.78, 5) is 26.7. The molecule has 3 aromatic carbocycles. The first-order chi connectivity index (χ1) is 22.0. The van der Waals surface area contributed by atoms with Crippen LogP contribution in [0.25, 0.3) is 0 Å². The van der Waals surface area contributed by atoms with Gasteiger partial charge in [-0.1, -0.05) is 30.3 Å². The Bertz CT molecular complexity index is 1600. The zero-order valence-electron chi connectivity index (χ0n) is 25.3. The average Bonchev–Trinajstić information content (AvgIpc) is 3.04. The number of aliphatic carboxylic acids is 1. The van der Waals surface area contributed by atoms with Gasteiger partial charge in [-0.2, -0.15) is 28.1 Å². The van der Waals surface area contributed by atoms with Crippen molar-refractivity contribution in [1.29, 1.82) is 0 Å². The Morgan fingerprint density at radius 1 is 0.870 bits per heavy atom. The van der Waals surface area contributed by atoms with E-state index in [0.717, 1.165) is 25.0 Å². The summed E-state index contributed by atoms with van der Waals surface area (Å²) in [5.74, 6) is 0.764. The van der Waals surface area contributed by atoms with Gasteiger partial charge in [-0.25, -0.2) is 4.79 Å². The maximum atomic E-state index is 13.0. The quantitative estimate of drug-likeness (QED) is 0.162. The highest BCUT2D eigenvalue weighted by atomic mass is 19.4. The summed E-state index contributed by atoms with van der Waals surface area (Å²) in [5, 5.41) is 12.2. The van der Waals surface area contributed by atoms with Gasteiger partial charge in [0.05, 0.1) is 5.56 Å². The fourth-order valence-corrected chi connectivity index (χ4v) is 4.85. The third-order valence-electron chi connectivity index (χ3n) is 7.42. The summed E-state index contributed by atoms with van der Waals surface area (Å²) in [6.45, 7) is 4.56. The lowest BCUT2D eigenvalue weighted by Gasteiger charge is -2.32. The van der Waals surface area contributed by atoms with E-state index in [1.807, 2.05) is 23.1 Å². The molecule has 0 unspecified atom stereocenters. The zero-order chi connectivity index (χ0) is 32.7. The van der Waals surface area contributed by atoms with Crippen LogP contribution in [0.15, 0.2) is 78.9 Å². The molecule has 0 aliphatic carbocycles. The normalized spacial score (nSPS) is 14.1. The Hall–Kier alpha value is -5.07. The van der Waals surface area contributed by atoms with Crippen LogP contribution >= 0.6 is 0 Å². The Morgan fingerprint density at radius 3 is 2.13 bits per heavy atom. The molecule has 0 radical (unpaired) electrons. The minimum atomic E-state index is -4.44. The summed E-state index contributed by atoms with van der Waals surface area (Å²) in [6, 6.07) is 21.5. The molecule has 1 fully saturated rings. The molecule has 2 N–H and O–H groups in total. The van der Waals surface area contributed by atoms with Gasteiger partial charge in [0.1, 0.15) is 24.7 Å². The fourth-order valence-electron chi connectivity index (χ4n) is 4.85. The number of ether oxygens (including phenoxy) is 3. The van der Waals surface area contributed by atoms with Crippen molar-refractivity contribution in [3.05, 3.63) is 90.0 Å². The molecule has 1 aliphatic heterocycles. The molecular weight excluding hydrogens is 603 g/mol.